The van der Waals surface area contributed by atoms with Gasteiger partial charge in [0.1, 0.15) is 0 Å². The van der Waals surface area contributed by atoms with Gasteiger partial charge in [-0.05, 0) is 0 Å². The smallest absolute Gasteiger partial charge is 0.0419 e. The van der Waals surface area contributed by atoms with E-state index in [0.717, 1.165) is 0 Å². The van der Waals surface area contributed by atoms with Crippen LogP contribution < -0.4 is 0 Å². The van der Waals surface area contributed by atoms with E-state index in [9.17, 15) is 0 Å². The molecule has 0 aliphatic rings. The molecule has 3 radical (unpaired) electrons. The molecule has 4 heteroatoms. The summed E-state index contributed by atoms with van der Waals surface area (Å²) in [5, 5.41) is 0. The lowest BCUT2D eigenvalue weighted by molar-refractivity contribution is 1.25. The molecule has 0 spiro atoms. The van der Waals surface area contributed by atoms with Gasteiger partial charge in [0.25, 0.3) is 0 Å². The highest BCUT2D eigenvalue weighted by Gasteiger charge is 2.56. The Hall–Kier alpha value is 0.868. The van der Waals surface area contributed by atoms with Crippen LogP contribution in [-0.4, -0.2) is 34.5 Å². The Balaban J connectivity index is 5.54. The van der Waals surface area contributed by atoms with Gasteiger partial charge < -0.3 is 0 Å². The van der Waals surface area contributed by atoms with Crippen LogP contribution in [0.2, 0.25) is 62.8 Å². The molecule has 0 fully saturated rings. The third-order valence-electron chi connectivity index (χ3n) is 3.38. The van der Waals surface area contributed by atoms with Crippen molar-refractivity contribution < 1.29 is 0 Å². The highest BCUT2D eigenvalue weighted by atomic mass is 28.5. The summed E-state index contributed by atoms with van der Waals surface area (Å²) >= 11 is 0. The van der Waals surface area contributed by atoms with Crippen LogP contribution >= 0.6 is 0 Å². The Bertz CT molecular complexity index is 166. The van der Waals surface area contributed by atoms with Crippen LogP contribution in [0.15, 0.2) is 0 Å². The molecular formula is C10H27Si4. The third kappa shape index (κ3) is 2.33. The molecule has 0 bridgehead atoms. The van der Waals surface area contributed by atoms with Crippen molar-refractivity contribution in [2.45, 2.75) is 62.8 Å². The van der Waals surface area contributed by atoms with Crippen molar-refractivity contribution in [3.8, 4) is 0 Å². The molecule has 0 saturated heterocycles. The van der Waals surface area contributed by atoms with Crippen molar-refractivity contribution in [3.63, 3.8) is 0 Å². The van der Waals surface area contributed by atoms with Crippen LogP contribution in [0.4, 0.5) is 0 Å². The second kappa shape index (κ2) is 3.71. The molecule has 0 aromatic heterocycles. The van der Waals surface area contributed by atoms with Crippen LogP contribution in [-0.2, 0) is 0 Å². The Morgan fingerprint density at radius 3 is 0.714 bits per heavy atom. The molecule has 0 N–H and O–H groups in total. The lowest BCUT2D eigenvalue weighted by atomic mass is 11.6. The van der Waals surface area contributed by atoms with Crippen molar-refractivity contribution >= 4 is 34.5 Å². The predicted octanol–water partition coefficient (Wildman–Crippen LogP) is 3.95. The van der Waals surface area contributed by atoms with Crippen LogP contribution in [0.3, 0.4) is 0 Å². The number of hydrogen-bond acceptors (Lipinski definition) is 0. The molecule has 0 aromatic carbocycles. The van der Waals surface area contributed by atoms with E-state index in [-0.39, 0.29) is 0 Å². The SMILES string of the molecule is C[Si](C)(C)C([Si])([Si](C)(C)C)[Si](C)(C)C. The van der Waals surface area contributed by atoms with Gasteiger partial charge in [0, 0.05) is 34.5 Å². The summed E-state index contributed by atoms with van der Waals surface area (Å²) in [5.41, 5.74) is 0. The Kier molecular flexibility index (Phi) is 3.94. The molecular weight excluding hydrogens is 232 g/mol. The maximum Gasteiger partial charge on any atom is 0.0419 e. The van der Waals surface area contributed by atoms with E-state index in [2.05, 4.69) is 69.2 Å². The predicted molar refractivity (Wildman–Crippen MR) is 78.5 cm³/mol. The van der Waals surface area contributed by atoms with Crippen LogP contribution in [0.1, 0.15) is 0 Å². The Morgan fingerprint density at radius 1 is 0.571 bits per heavy atom. The zero-order valence-electron chi connectivity index (χ0n) is 11.5. The van der Waals surface area contributed by atoms with E-state index < -0.39 is 24.2 Å². The molecule has 0 amide bonds. The summed E-state index contributed by atoms with van der Waals surface area (Å²) < 4.78 is 0.535. The van der Waals surface area contributed by atoms with Crippen molar-refractivity contribution in [1.29, 1.82) is 0 Å². The van der Waals surface area contributed by atoms with Gasteiger partial charge in [-0.15, -0.1) is 0 Å². The van der Waals surface area contributed by atoms with Crippen molar-refractivity contribution in [2.75, 3.05) is 0 Å². The van der Waals surface area contributed by atoms with E-state index in [4.69, 9.17) is 0 Å². The summed E-state index contributed by atoms with van der Waals surface area (Å²) in [7, 11) is 0.858. The topological polar surface area (TPSA) is 0 Å². The Labute approximate surface area is 97.3 Å². The van der Waals surface area contributed by atoms with Gasteiger partial charge in [0.05, 0.1) is 0 Å². The maximum absolute atomic E-state index is 4.29. The zero-order valence-corrected chi connectivity index (χ0v) is 15.5. The van der Waals surface area contributed by atoms with Gasteiger partial charge in [-0.2, -0.15) is 0 Å². The van der Waals surface area contributed by atoms with E-state index in [1.54, 1.807) is 0 Å². The van der Waals surface area contributed by atoms with Gasteiger partial charge in [-0.25, -0.2) is 0 Å². The zero-order chi connectivity index (χ0) is 12.0. The van der Waals surface area contributed by atoms with E-state index in [1.165, 1.54) is 0 Å². The van der Waals surface area contributed by atoms with E-state index >= 15 is 0 Å². The third-order valence-corrected chi connectivity index (χ3v) is 30.4. The first-order valence-corrected chi connectivity index (χ1v) is 16.5. The van der Waals surface area contributed by atoms with Gasteiger partial charge in [0.15, 0.2) is 0 Å². The standard InChI is InChI=1S/C10H27Si4/c1-12(2,3)10(11,13(4,5)6)14(7,8)9/h1-9H3. The molecule has 0 unspecified atom stereocenters. The minimum Gasteiger partial charge on any atom is -0.0698 e. The molecule has 83 valence electrons. The van der Waals surface area contributed by atoms with Crippen molar-refractivity contribution in [1.82, 2.24) is 0 Å². The molecule has 0 atom stereocenters. The fourth-order valence-electron chi connectivity index (χ4n) is 3.38. The van der Waals surface area contributed by atoms with E-state index in [1.807, 2.05) is 0 Å². The number of rotatable bonds is 3. The quantitative estimate of drug-likeness (QED) is 0.674. The van der Waals surface area contributed by atoms with Crippen LogP contribution in [0.25, 0.3) is 0 Å². The van der Waals surface area contributed by atoms with Crippen LogP contribution in [0, 0.1) is 0 Å². The average molecular weight is 260 g/mol. The average Bonchev–Trinajstić information content (AvgIpc) is 1.77. The summed E-state index contributed by atoms with van der Waals surface area (Å²) in [6.45, 7) is 22.7. The minimum atomic E-state index is -1.14. The molecule has 0 saturated carbocycles. The highest BCUT2D eigenvalue weighted by molar-refractivity contribution is 7.21. The second-order valence-corrected chi connectivity index (χ2v) is 27.0. The first-order chi connectivity index (χ1) is 5.75. The lowest BCUT2D eigenvalue weighted by Crippen LogP contribution is -2.66. The molecule has 0 nitrogen and oxygen atoms in total. The molecule has 0 aliphatic carbocycles. The highest BCUT2D eigenvalue weighted by Crippen LogP contribution is 2.50. The van der Waals surface area contributed by atoms with Crippen LogP contribution in [0.5, 0.6) is 0 Å². The fourth-order valence-corrected chi connectivity index (χ4v) is 30.4. The molecule has 14 heavy (non-hydrogen) atoms. The van der Waals surface area contributed by atoms with Crippen molar-refractivity contribution in [2.24, 2.45) is 0 Å². The summed E-state index contributed by atoms with van der Waals surface area (Å²) in [5.74, 6) is 0. The minimum absolute atomic E-state index is 0.535. The molecule has 0 aromatic rings. The normalized spacial score (nSPS) is 15.9. The Morgan fingerprint density at radius 2 is 0.714 bits per heavy atom. The first kappa shape index (κ1) is 14.9. The van der Waals surface area contributed by atoms with Gasteiger partial charge in [0.2, 0.25) is 0 Å². The molecule has 0 rings (SSSR count). The molecule has 0 heterocycles. The van der Waals surface area contributed by atoms with Gasteiger partial charge >= 0.3 is 0 Å². The van der Waals surface area contributed by atoms with Gasteiger partial charge in [-0.3, -0.25) is 0 Å². The lowest BCUT2D eigenvalue weighted by Gasteiger charge is -2.57. The van der Waals surface area contributed by atoms with E-state index in [0.29, 0.717) is 3.91 Å². The molecule has 0 aliphatic heterocycles. The summed E-state index contributed by atoms with van der Waals surface area (Å²) in [6, 6.07) is 0. The van der Waals surface area contributed by atoms with Crippen molar-refractivity contribution in [3.05, 3.63) is 0 Å². The van der Waals surface area contributed by atoms with Gasteiger partial charge in [-0.1, -0.05) is 62.8 Å². The summed E-state index contributed by atoms with van der Waals surface area (Å²) in [6.07, 6.45) is 0. The monoisotopic (exact) mass is 259 g/mol. The first-order valence-electron chi connectivity index (χ1n) is 5.50. The largest absolute Gasteiger partial charge is 0.0698 e. The number of hydrogen-bond donors (Lipinski definition) is 0. The fraction of sp³-hybridized carbons (Fsp3) is 1.00. The maximum atomic E-state index is 4.29. The summed E-state index contributed by atoms with van der Waals surface area (Å²) in [4.78, 5) is 0. The second-order valence-electron chi connectivity index (χ2n) is 7.50.